The van der Waals surface area contributed by atoms with Gasteiger partial charge < -0.3 is 29.3 Å². The molecular formula is C34H40BrN3O6. The van der Waals surface area contributed by atoms with E-state index in [1.54, 1.807) is 58.2 Å². The highest BCUT2D eigenvalue weighted by atomic mass is 79.9. The number of amides is 3. The molecule has 0 saturated carbocycles. The van der Waals surface area contributed by atoms with Crippen LogP contribution in [0.15, 0.2) is 79.9 Å². The zero-order valence-electron chi connectivity index (χ0n) is 25.0. The van der Waals surface area contributed by atoms with Gasteiger partial charge in [0.15, 0.2) is 0 Å². The number of hydrogen-bond acceptors (Lipinski definition) is 6. The fraction of sp³-hybridized carbons (Fsp3) is 0.441. The van der Waals surface area contributed by atoms with Gasteiger partial charge in [-0.15, -0.1) is 13.2 Å². The van der Waals surface area contributed by atoms with Crippen molar-refractivity contribution in [2.75, 3.05) is 38.3 Å². The summed E-state index contributed by atoms with van der Waals surface area (Å²) in [5.74, 6) is -1.67. The normalized spacial score (nSPS) is 26.8. The van der Waals surface area contributed by atoms with E-state index in [4.69, 9.17) is 9.47 Å². The lowest BCUT2D eigenvalue weighted by Crippen LogP contribution is -2.57. The zero-order valence-corrected chi connectivity index (χ0v) is 26.6. The highest BCUT2D eigenvalue weighted by Gasteiger charge is 2.76. The number of hydrogen-bond donors (Lipinski definition) is 1. The van der Waals surface area contributed by atoms with Gasteiger partial charge in [0.25, 0.3) is 5.91 Å². The number of aliphatic hydroxyl groups excluding tert-OH is 1. The van der Waals surface area contributed by atoms with Gasteiger partial charge in [0.05, 0.1) is 25.0 Å². The Morgan fingerprint density at radius 2 is 1.80 bits per heavy atom. The van der Waals surface area contributed by atoms with E-state index in [1.165, 1.54) is 0 Å². The van der Waals surface area contributed by atoms with Crippen LogP contribution in [0.1, 0.15) is 24.8 Å². The topological polar surface area (TPSA) is 99.6 Å². The molecule has 1 spiro atoms. The Morgan fingerprint density at radius 3 is 2.43 bits per heavy atom. The molecular weight excluding hydrogens is 626 g/mol. The molecule has 1 N–H and O–H groups in total. The number of halogens is 1. The van der Waals surface area contributed by atoms with Crippen LogP contribution in [0.4, 0.5) is 5.69 Å². The summed E-state index contributed by atoms with van der Waals surface area (Å²) in [5.41, 5.74) is 0.409. The Labute approximate surface area is 267 Å². The van der Waals surface area contributed by atoms with Gasteiger partial charge in [0, 0.05) is 43.3 Å². The molecule has 2 aromatic carbocycles. The smallest absolute Gasteiger partial charge is 0.253 e. The van der Waals surface area contributed by atoms with Gasteiger partial charge in [-0.3, -0.25) is 14.4 Å². The third-order valence-electron chi connectivity index (χ3n) is 8.95. The molecule has 3 amide bonds. The molecule has 3 heterocycles. The molecule has 3 fully saturated rings. The molecule has 3 aliphatic heterocycles. The largest absolute Gasteiger partial charge is 0.497 e. The first kappa shape index (κ1) is 31.9. The summed E-state index contributed by atoms with van der Waals surface area (Å²) in [6.45, 7) is 8.87. The summed E-state index contributed by atoms with van der Waals surface area (Å²) in [5, 5.41) is 9.49. The number of benzene rings is 2. The van der Waals surface area contributed by atoms with Gasteiger partial charge in [-0.05, 0) is 49.1 Å². The molecule has 6 atom stereocenters. The minimum Gasteiger partial charge on any atom is -0.497 e. The minimum atomic E-state index is -1.19. The average Bonchev–Trinajstić information content (AvgIpc) is 3.63. The van der Waals surface area contributed by atoms with Crippen molar-refractivity contribution in [2.45, 2.75) is 48.4 Å². The zero-order chi connectivity index (χ0) is 31.4. The van der Waals surface area contributed by atoms with E-state index in [0.29, 0.717) is 43.8 Å². The molecule has 234 valence electrons. The molecule has 3 unspecified atom stereocenters. The number of rotatable bonds is 14. The van der Waals surface area contributed by atoms with Crippen LogP contribution in [0.2, 0.25) is 0 Å². The number of aliphatic hydroxyl groups is 1. The van der Waals surface area contributed by atoms with Crippen molar-refractivity contribution >= 4 is 39.3 Å². The molecule has 2 aromatic rings. The van der Waals surface area contributed by atoms with Crippen molar-refractivity contribution in [2.24, 2.45) is 11.8 Å². The Hall–Kier alpha value is -3.47. The number of nitrogens with zero attached hydrogens (tertiary/aromatic N) is 3. The molecule has 0 aliphatic carbocycles. The summed E-state index contributed by atoms with van der Waals surface area (Å²) in [6.07, 6.45) is 4.16. The molecule has 2 bridgehead atoms. The Morgan fingerprint density at radius 1 is 1.09 bits per heavy atom. The van der Waals surface area contributed by atoms with E-state index in [0.717, 1.165) is 5.56 Å². The lowest BCUT2D eigenvalue weighted by Gasteiger charge is -2.37. The van der Waals surface area contributed by atoms with Crippen molar-refractivity contribution in [3.63, 3.8) is 0 Å². The maximum Gasteiger partial charge on any atom is 0.253 e. The first-order valence-electron chi connectivity index (χ1n) is 15.0. The number of anilines is 1. The maximum atomic E-state index is 14.7. The molecule has 9 nitrogen and oxygen atoms in total. The van der Waals surface area contributed by atoms with E-state index < -0.39 is 29.6 Å². The monoisotopic (exact) mass is 665 g/mol. The number of alkyl halides is 1. The molecule has 44 heavy (non-hydrogen) atoms. The molecule has 5 rings (SSSR count). The predicted octanol–water partition coefficient (Wildman–Crippen LogP) is 3.95. The van der Waals surface area contributed by atoms with Crippen molar-refractivity contribution in [1.29, 1.82) is 0 Å². The van der Waals surface area contributed by atoms with E-state index in [9.17, 15) is 19.5 Å². The SMILES string of the molecule is C=CCN(Cc1ccccc1)C(=O)[C@H]1[C@@H]2OC3(CC2Br)C(C(=O)N(CC=C)c2ccc(OC)cc2)N(CCCCO)C(=O)[C@H]13. The van der Waals surface area contributed by atoms with E-state index >= 15 is 0 Å². The highest BCUT2D eigenvalue weighted by molar-refractivity contribution is 9.09. The van der Waals surface area contributed by atoms with E-state index in [-0.39, 0.29) is 42.2 Å². The fourth-order valence-corrected chi connectivity index (χ4v) is 8.03. The van der Waals surface area contributed by atoms with Gasteiger partial charge in [-0.2, -0.15) is 0 Å². The second kappa shape index (κ2) is 13.7. The third-order valence-corrected chi connectivity index (χ3v) is 9.80. The van der Waals surface area contributed by atoms with Crippen LogP contribution >= 0.6 is 15.9 Å². The summed E-state index contributed by atoms with van der Waals surface area (Å²) in [7, 11) is 1.58. The summed E-state index contributed by atoms with van der Waals surface area (Å²) >= 11 is 3.77. The number of carbonyl (C=O) groups is 3. The molecule has 3 saturated heterocycles. The first-order valence-corrected chi connectivity index (χ1v) is 16.0. The molecule has 0 aromatic heterocycles. The van der Waals surface area contributed by atoms with Crippen LogP contribution in [0.3, 0.4) is 0 Å². The Kier molecular flexibility index (Phi) is 9.92. The number of carbonyl (C=O) groups excluding carboxylic acids is 3. The van der Waals surface area contributed by atoms with Crippen molar-refractivity contribution in [3.8, 4) is 5.75 Å². The molecule has 3 aliphatic rings. The van der Waals surface area contributed by atoms with Crippen LogP contribution < -0.4 is 9.64 Å². The summed E-state index contributed by atoms with van der Waals surface area (Å²) in [6, 6.07) is 15.9. The van der Waals surface area contributed by atoms with Crippen LogP contribution in [-0.4, -0.2) is 88.6 Å². The fourth-order valence-electron chi connectivity index (χ4n) is 7.09. The van der Waals surface area contributed by atoms with Gasteiger partial charge in [0.2, 0.25) is 11.8 Å². The quantitative estimate of drug-likeness (QED) is 0.186. The standard InChI is InChI=1S/C34H40BrN3O6/c1-4-17-36(22-23-11-7-6-8-12-23)31(40)27-28-32(41)38(19-9-10-20-39)30(34(28)21-26(35)29(27)44-34)33(42)37(18-5-2)24-13-15-25(43-3)16-14-24/h4-8,11-16,26-30,39H,1-2,9-10,17-22H2,3H3/t26?,27-,28+,29-,30?,34?/m1/s1. The van der Waals surface area contributed by atoms with E-state index in [2.05, 4.69) is 29.1 Å². The van der Waals surface area contributed by atoms with E-state index in [1.807, 2.05) is 30.3 Å². The number of fused-ring (bicyclic) bond motifs is 1. The second-order valence-corrected chi connectivity index (χ2v) is 12.7. The maximum absolute atomic E-state index is 14.7. The Balaban J connectivity index is 1.53. The number of ether oxygens (including phenoxy) is 2. The summed E-state index contributed by atoms with van der Waals surface area (Å²) in [4.78, 5) is 48.1. The van der Waals surface area contributed by atoms with Gasteiger partial charge in [-0.25, -0.2) is 0 Å². The van der Waals surface area contributed by atoms with Gasteiger partial charge >= 0.3 is 0 Å². The average molecular weight is 667 g/mol. The van der Waals surface area contributed by atoms with Crippen molar-refractivity contribution < 1.29 is 29.0 Å². The summed E-state index contributed by atoms with van der Waals surface area (Å²) < 4.78 is 12.0. The lowest BCUT2D eigenvalue weighted by molar-refractivity contribution is -0.145. The predicted molar refractivity (Wildman–Crippen MR) is 171 cm³/mol. The van der Waals surface area contributed by atoms with Gasteiger partial charge in [0.1, 0.15) is 17.4 Å². The third kappa shape index (κ3) is 5.71. The first-order chi connectivity index (χ1) is 21.3. The number of likely N-dealkylation sites (tertiary alicyclic amines) is 1. The number of unbranched alkanes of at least 4 members (excludes halogenated alkanes) is 1. The van der Waals surface area contributed by atoms with Crippen LogP contribution in [0.25, 0.3) is 0 Å². The number of methoxy groups -OCH3 is 1. The Bertz CT molecular complexity index is 1370. The van der Waals surface area contributed by atoms with Crippen molar-refractivity contribution in [3.05, 3.63) is 85.5 Å². The van der Waals surface area contributed by atoms with Crippen molar-refractivity contribution in [1.82, 2.24) is 9.80 Å². The second-order valence-electron chi connectivity index (χ2n) is 11.6. The van der Waals surface area contributed by atoms with Gasteiger partial charge in [-0.1, -0.05) is 58.4 Å². The van der Waals surface area contributed by atoms with Crippen LogP contribution in [0.5, 0.6) is 5.75 Å². The minimum absolute atomic E-state index is 0.0250. The van der Waals surface area contributed by atoms with Crippen LogP contribution in [-0.2, 0) is 25.7 Å². The lowest BCUT2D eigenvalue weighted by atomic mass is 9.70. The highest BCUT2D eigenvalue weighted by Crippen LogP contribution is 2.60. The molecule has 10 heteroatoms. The van der Waals surface area contributed by atoms with Crippen LogP contribution in [0, 0.1) is 11.8 Å². The molecule has 0 radical (unpaired) electrons.